The normalized spacial score (nSPS) is 18.3. The van der Waals surface area contributed by atoms with Gasteiger partial charge in [0.15, 0.2) is 0 Å². The van der Waals surface area contributed by atoms with E-state index < -0.39 is 0 Å². The summed E-state index contributed by atoms with van der Waals surface area (Å²) in [6.07, 6.45) is 1.89. The van der Waals surface area contributed by atoms with Gasteiger partial charge in [-0.25, -0.2) is 4.98 Å². The largest absolute Gasteiger partial charge is 0.368 e. The summed E-state index contributed by atoms with van der Waals surface area (Å²) >= 11 is 0. The van der Waals surface area contributed by atoms with Crippen LogP contribution in [0.15, 0.2) is 42.5 Å². The second-order valence-corrected chi connectivity index (χ2v) is 9.71. The average Bonchev–Trinajstić information content (AvgIpc) is 3.16. The zero-order chi connectivity index (χ0) is 22.9. The minimum Gasteiger partial charge on any atom is -0.368 e. The lowest BCUT2D eigenvalue weighted by Crippen LogP contribution is -2.51. The van der Waals surface area contributed by atoms with E-state index in [1.165, 1.54) is 22.3 Å². The number of nitrogens with zero attached hydrogens (tertiary/aromatic N) is 5. The fourth-order valence-corrected chi connectivity index (χ4v) is 5.24. The molecule has 3 aromatic rings. The van der Waals surface area contributed by atoms with Crippen molar-refractivity contribution in [2.75, 3.05) is 44.2 Å². The van der Waals surface area contributed by atoms with Crippen LogP contribution >= 0.6 is 0 Å². The van der Waals surface area contributed by atoms with Gasteiger partial charge in [0, 0.05) is 44.8 Å². The zero-order valence-electron chi connectivity index (χ0n) is 20.1. The van der Waals surface area contributed by atoms with E-state index in [1.54, 1.807) is 0 Å². The predicted molar refractivity (Wildman–Crippen MR) is 133 cm³/mol. The highest BCUT2D eigenvalue weighted by Gasteiger charge is 2.31. The minimum atomic E-state index is 0.162. The number of anilines is 1. The molecule has 2 fully saturated rings. The Morgan fingerprint density at radius 3 is 2.36 bits per heavy atom. The topological polar surface area (TPSA) is 44.6 Å². The molecule has 2 aliphatic rings. The van der Waals surface area contributed by atoms with Gasteiger partial charge in [0.05, 0.1) is 17.6 Å². The lowest BCUT2D eigenvalue weighted by molar-refractivity contribution is -0.137. The number of fused-ring (bicyclic) bond motifs is 1. The van der Waals surface area contributed by atoms with E-state index in [2.05, 4.69) is 76.6 Å². The summed E-state index contributed by atoms with van der Waals surface area (Å²) in [4.78, 5) is 25.0. The maximum absolute atomic E-state index is 13.2. The van der Waals surface area contributed by atoms with Crippen LogP contribution in [0.4, 0.5) is 5.69 Å². The molecular formula is C27H35N5O. The highest BCUT2D eigenvalue weighted by Crippen LogP contribution is 2.25. The number of carbonyl (C=O) groups is 1. The van der Waals surface area contributed by atoms with Gasteiger partial charge in [-0.2, -0.15) is 0 Å². The maximum Gasteiger partial charge on any atom is 0.225 e. The number of aromatic nitrogens is 2. The Kier molecular flexibility index (Phi) is 6.11. The first-order valence-corrected chi connectivity index (χ1v) is 12.2. The first-order valence-electron chi connectivity index (χ1n) is 12.2. The molecule has 6 nitrogen and oxygen atoms in total. The monoisotopic (exact) mass is 445 g/mol. The van der Waals surface area contributed by atoms with Gasteiger partial charge in [-0.05, 0) is 75.2 Å². The van der Waals surface area contributed by atoms with Crippen LogP contribution in [-0.2, 0) is 18.4 Å². The summed E-state index contributed by atoms with van der Waals surface area (Å²) < 4.78 is 2.20. The number of likely N-dealkylation sites (tertiary alicyclic amines) is 1. The molecule has 174 valence electrons. The lowest BCUT2D eigenvalue weighted by atomic mass is 9.95. The van der Waals surface area contributed by atoms with Crippen molar-refractivity contribution in [1.29, 1.82) is 0 Å². The smallest absolute Gasteiger partial charge is 0.225 e. The number of aryl methyl sites for hydroxylation is 3. The molecule has 0 saturated carbocycles. The molecule has 1 amide bonds. The van der Waals surface area contributed by atoms with Crippen LogP contribution in [0.1, 0.15) is 29.8 Å². The molecule has 1 aromatic heterocycles. The molecule has 2 aromatic carbocycles. The van der Waals surface area contributed by atoms with Crippen molar-refractivity contribution in [3.63, 3.8) is 0 Å². The Bertz CT molecular complexity index is 1140. The lowest BCUT2D eigenvalue weighted by Gasteiger charge is -2.39. The van der Waals surface area contributed by atoms with Gasteiger partial charge in [0.25, 0.3) is 0 Å². The summed E-state index contributed by atoms with van der Waals surface area (Å²) in [6.45, 7) is 10.6. The molecular weight excluding hydrogens is 410 g/mol. The van der Waals surface area contributed by atoms with Crippen molar-refractivity contribution in [1.82, 2.24) is 19.4 Å². The van der Waals surface area contributed by atoms with Gasteiger partial charge in [-0.3, -0.25) is 9.69 Å². The number of para-hydroxylation sites is 2. The maximum atomic E-state index is 13.2. The molecule has 5 rings (SSSR count). The number of imidazole rings is 1. The number of carbonyl (C=O) groups excluding carboxylic acids is 1. The van der Waals surface area contributed by atoms with E-state index >= 15 is 0 Å². The molecule has 0 aliphatic carbocycles. The second kappa shape index (κ2) is 9.18. The number of piperidine rings is 1. The first-order chi connectivity index (χ1) is 16.0. The average molecular weight is 446 g/mol. The van der Waals surface area contributed by atoms with Gasteiger partial charge in [-0.1, -0.05) is 18.2 Å². The highest BCUT2D eigenvalue weighted by atomic mass is 16.2. The van der Waals surface area contributed by atoms with E-state index in [0.717, 1.165) is 70.0 Å². The third kappa shape index (κ3) is 4.49. The van der Waals surface area contributed by atoms with E-state index in [0.29, 0.717) is 5.91 Å². The summed E-state index contributed by atoms with van der Waals surface area (Å²) in [5.41, 5.74) is 6.17. The van der Waals surface area contributed by atoms with Crippen molar-refractivity contribution in [2.45, 2.75) is 33.2 Å². The summed E-state index contributed by atoms with van der Waals surface area (Å²) in [7, 11) is 2.10. The quantitative estimate of drug-likeness (QED) is 0.614. The number of benzene rings is 2. The van der Waals surface area contributed by atoms with E-state index in [4.69, 9.17) is 4.98 Å². The summed E-state index contributed by atoms with van der Waals surface area (Å²) in [5, 5.41) is 0. The van der Waals surface area contributed by atoms with Crippen molar-refractivity contribution in [2.24, 2.45) is 13.0 Å². The van der Waals surface area contributed by atoms with Crippen molar-refractivity contribution in [3.05, 3.63) is 59.4 Å². The molecule has 0 bridgehead atoms. The SMILES string of the molecule is Cc1ccc(N2CCN(C(=O)C3CCN(Cc4nc5ccccc5n4C)CC3)CC2)cc1C. The molecule has 0 radical (unpaired) electrons. The van der Waals surface area contributed by atoms with Crippen molar-refractivity contribution in [3.8, 4) is 0 Å². The molecule has 33 heavy (non-hydrogen) atoms. The van der Waals surface area contributed by atoms with Crippen LogP contribution in [0.2, 0.25) is 0 Å². The number of hydrogen-bond donors (Lipinski definition) is 0. The molecule has 0 unspecified atom stereocenters. The van der Waals surface area contributed by atoms with E-state index in [9.17, 15) is 4.79 Å². The van der Waals surface area contributed by atoms with Gasteiger partial charge >= 0.3 is 0 Å². The van der Waals surface area contributed by atoms with Crippen molar-refractivity contribution < 1.29 is 4.79 Å². The number of amides is 1. The van der Waals surface area contributed by atoms with Crippen LogP contribution in [0.5, 0.6) is 0 Å². The Hall–Kier alpha value is -2.86. The van der Waals surface area contributed by atoms with Crippen LogP contribution in [0.3, 0.4) is 0 Å². The fourth-order valence-electron chi connectivity index (χ4n) is 5.24. The fraction of sp³-hybridized carbons (Fsp3) is 0.481. The van der Waals surface area contributed by atoms with E-state index in [-0.39, 0.29) is 5.92 Å². The standard InChI is InChI=1S/C27H35N5O/c1-20-8-9-23(18-21(20)2)31-14-16-32(17-15-31)27(33)22-10-12-30(13-11-22)19-26-28-24-6-4-5-7-25(24)29(26)3/h4-9,18,22H,10-17,19H2,1-3H3. The van der Waals surface area contributed by atoms with Gasteiger partial charge in [-0.15, -0.1) is 0 Å². The van der Waals surface area contributed by atoms with Gasteiger partial charge in [0.1, 0.15) is 5.82 Å². The zero-order valence-corrected chi connectivity index (χ0v) is 20.1. The Morgan fingerprint density at radius 1 is 0.939 bits per heavy atom. The molecule has 0 atom stereocenters. The molecule has 0 spiro atoms. The van der Waals surface area contributed by atoms with Gasteiger partial charge < -0.3 is 14.4 Å². The molecule has 3 heterocycles. The third-order valence-corrected chi connectivity index (χ3v) is 7.63. The second-order valence-electron chi connectivity index (χ2n) is 9.71. The van der Waals surface area contributed by atoms with Gasteiger partial charge in [0.2, 0.25) is 5.91 Å². The van der Waals surface area contributed by atoms with E-state index in [1.807, 2.05) is 6.07 Å². The highest BCUT2D eigenvalue weighted by molar-refractivity contribution is 5.79. The summed E-state index contributed by atoms with van der Waals surface area (Å²) in [6, 6.07) is 15.0. The van der Waals surface area contributed by atoms with Crippen LogP contribution in [0, 0.1) is 19.8 Å². The predicted octanol–water partition coefficient (Wildman–Crippen LogP) is 3.75. The molecule has 6 heteroatoms. The first kappa shape index (κ1) is 22.0. The Labute approximate surface area is 196 Å². The number of rotatable bonds is 4. The Morgan fingerprint density at radius 2 is 1.67 bits per heavy atom. The third-order valence-electron chi connectivity index (χ3n) is 7.63. The van der Waals surface area contributed by atoms with Crippen molar-refractivity contribution >= 4 is 22.6 Å². The molecule has 2 saturated heterocycles. The number of piperazine rings is 1. The van der Waals surface area contributed by atoms with Crippen LogP contribution in [0.25, 0.3) is 11.0 Å². The minimum absolute atomic E-state index is 0.162. The van der Waals surface area contributed by atoms with Crippen LogP contribution < -0.4 is 4.90 Å². The molecule has 0 N–H and O–H groups in total. The molecule has 2 aliphatic heterocycles. The number of hydrogen-bond acceptors (Lipinski definition) is 4. The van der Waals surface area contributed by atoms with Crippen LogP contribution in [-0.4, -0.2) is 64.5 Å². The Balaban J connectivity index is 1.12. The summed E-state index contributed by atoms with van der Waals surface area (Å²) in [5.74, 6) is 1.62.